The Bertz CT molecular complexity index is 843. The van der Waals surface area contributed by atoms with Crippen LogP contribution in [0.4, 0.5) is 5.69 Å². The van der Waals surface area contributed by atoms with Crippen LogP contribution in [0, 0.1) is 5.92 Å². The average molecular weight is 434 g/mol. The number of ether oxygens (including phenoxy) is 1. The smallest absolute Gasteiger partial charge is 0.224 e. The number of nitrogens with one attached hydrogen (secondary N) is 1. The number of likely N-dealkylation sites (tertiary alicyclic amines) is 1. The number of hydrogen-bond acceptors (Lipinski definition) is 5. The normalized spacial score (nSPS) is 16.3. The molecule has 8 nitrogen and oxygen atoms in total. The van der Waals surface area contributed by atoms with Crippen molar-refractivity contribution in [1.82, 2.24) is 19.7 Å². The number of piperidine rings is 1. The molecule has 0 aliphatic carbocycles. The van der Waals surface area contributed by atoms with Gasteiger partial charge < -0.3 is 15.0 Å². The van der Waals surface area contributed by atoms with Crippen LogP contribution in [0.5, 0.6) is 5.75 Å². The second kappa shape index (κ2) is 11.0. The highest BCUT2D eigenvalue weighted by Gasteiger charge is 2.24. The molecule has 2 heterocycles. The molecular formula is C21H28ClN5O3. The number of methoxy groups -OCH3 is 1. The molecule has 0 spiro atoms. The van der Waals surface area contributed by atoms with E-state index in [4.69, 9.17) is 16.3 Å². The molecular weight excluding hydrogens is 406 g/mol. The molecule has 0 radical (unpaired) electrons. The number of hydrogen-bond donors (Lipinski definition) is 1. The van der Waals surface area contributed by atoms with Crippen molar-refractivity contribution in [2.24, 2.45) is 5.92 Å². The van der Waals surface area contributed by atoms with Crippen molar-refractivity contribution >= 4 is 29.1 Å². The lowest BCUT2D eigenvalue weighted by molar-refractivity contribution is -0.133. The van der Waals surface area contributed by atoms with Gasteiger partial charge in [0.2, 0.25) is 11.8 Å². The van der Waals surface area contributed by atoms with Crippen LogP contribution in [-0.4, -0.2) is 51.7 Å². The molecule has 9 heteroatoms. The third kappa shape index (κ3) is 6.45. The van der Waals surface area contributed by atoms with E-state index in [1.165, 1.54) is 6.33 Å². The third-order valence-corrected chi connectivity index (χ3v) is 5.57. The second-order valence-electron chi connectivity index (χ2n) is 7.54. The van der Waals surface area contributed by atoms with Gasteiger partial charge >= 0.3 is 0 Å². The fraction of sp³-hybridized carbons (Fsp3) is 0.524. The van der Waals surface area contributed by atoms with Crippen LogP contribution in [0.1, 0.15) is 38.5 Å². The zero-order valence-corrected chi connectivity index (χ0v) is 18.0. The highest BCUT2D eigenvalue weighted by molar-refractivity contribution is 6.31. The zero-order valence-electron chi connectivity index (χ0n) is 17.2. The van der Waals surface area contributed by atoms with Crippen LogP contribution in [0.2, 0.25) is 5.02 Å². The van der Waals surface area contributed by atoms with E-state index in [1.807, 2.05) is 4.90 Å². The molecule has 1 atom stereocenters. The van der Waals surface area contributed by atoms with Gasteiger partial charge in [-0.1, -0.05) is 11.6 Å². The van der Waals surface area contributed by atoms with Crippen LogP contribution >= 0.6 is 11.6 Å². The molecule has 3 rings (SSSR count). The van der Waals surface area contributed by atoms with Crippen LogP contribution in [0.25, 0.3) is 0 Å². The standard InChI is InChI=1S/C21H28ClN5O3/c1-30-19-8-7-17(22)12-18(19)25-20(28)9-6-16-4-2-10-26(13-16)21(29)5-3-11-27-15-23-14-24-27/h7-8,12,14-16H,2-6,9-11,13H2,1H3,(H,25,28)/t16-/m0/s1. The highest BCUT2D eigenvalue weighted by Crippen LogP contribution is 2.28. The van der Waals surface area contributed by atoms with Gasteiger partial charge in [0.25, 0.3) is 0 Å². The zero-order chi connectivity index (χ0) is 21.3. The number of benzene rings is 1. The quantitative estimate of drug-likeness (QED) is 0.654. The van der Waals surface area contributed by atoms with E-state index in [1.54, 1.807) is 36.3 Å². The van der Waals surface area contributed by atoms with Crippen molar-refractivity contribution in [3.8, 4) is 5.75 Å². The number of anilines is 1. The number of aromatic nitrogens is 3. The molecule has 1 N–H and O–H groups in total. The van der Waals surface area contributed by atoms with Gasteiger partial charge in [0, 0.05) is 37.5 Å². The molecule has 162 valence electrons. The monoisotopic (exact) mass is 433 g/mol. The van der Waals surface area contributed by atoms with Gasteiger partial charge in [0.15, 0.2) is 0 Å². The lowest BCUT2D eigenvalue weighted by atomic mass is 9.93. The molecule has 1 aromatic carbocycles. The lowest BCUT2D eigenvalue weighted by Gasteiger charge is -2.33. The number of carbonyl (C=O) groups excluding carboxylic acids is 2. The summed E-state index contributed by atoms with van der Waals surface area (Å²) in [6.45, 7) is 2.20. The molecule has 2 aromatic rings. The van der Waals surface area contributed by atoms with E-state index >= 15 is 0 Å². The van der Waals surface area contributed by atoms with Crippen molar-refractivity contribution in [2.75, 3.05) is 25.5 Å². The van der Waals surface area contributed by atoms with E-state index in [0.717, 1.165) is 38.8 Å². The maximum atomic E-state index is 12.5. The summed E-state index contributed by atoms with van der Waals surface area (Å²) in [5.74, 6) is 1.01. The first-order valence-corrected chi connectivity index (χ1v) is 10.7. The van der Waals surface area contributed by atoms with Gasteiger partial charge in [-0.25, -0.2) is 4.98 Å². The first-order valence-electron chi connectivity index (χ1n) is 10.3. The SMILES string of the molecule is COc1ccc(Cl)cc1NC(=O)CC[C@@H]1CCCN(C(=O)CCCn2cncn2)C1. The van der Waals surface area contributed by atoms with Gasteiger partial charge in [-0.2, -0.15) is 5.10 Å². The van der Waals surface area contributed by atoms with Crippen LogP contribution in [0.15, 0.2) is 30.9 Å². The van der Waals surface area contributed by atoms with E-state index < -0.39 is 0 Å². The predicted octanol–water partition coefficient (Wildman–Crippen LogP) is 3.38. The van der Waals surface area contributed by atoms with Gasteiger partial charge in [0.1, 0.15) is 18.4 Å². The summed E-state index contributed by atoms with van der Waals surface area (Å²) < 4.78 is 7.00. The van der Waals surface area contributed by atoms with Crippen LogP contribution in [-0.2, 0) is 16.1 Å². The number of halogens is 1. The molecule has 1 aromatic heterocycles. The molecule has 0 bridgehead atoms. The topological polar surface area (TPSA) is 89.4 Å². The summed E-state index contributed by atoms with van der Waals surface area (Å²) in [6.07, 6.45) is 7.56. The number of carbonyl (C=O) groups is 2. The Balaban J connectivity index is 1.41. The molecule has 1 aliphatic rings. The molecule has 0 unspecified atom stereocenters. The maximum Gasteiger partial charge on any atom is 0.224 e. The van der Waals surface area contributed by atoms with Gasteiger partial charge in [0.05, 0.1) is 12.8 Å². The summed E-state index contributed by atoms with van der Waals surface area (Å²) in [7, 11) is 1.55. The summed E-state index contributed by atoms with van der Waals surface area (Å²) >= 11 is 6.01. The Hall–Kier alpha value is -2.61. The largest absolute Gasteiger partial charge is 0.495 e. The minimum absolute atomic E-state index is 0.0770. The fourth-order valence-electron chi connectivity index (χ4n) is 3.75. The number of rotatable bonds is 9. The molecule has 0 saturated carbocycles. The number of amides is 2. The fourth-order valence-corrected chi connectivity index (χ4v) is 3.92. The Morgan fingerprint density at radius 1 is 1.33 bits per heavy atom. The van der Waals surface area contributed by atoms with Crippen LogP contribution < -0.4 is 10.1 Å². The Kier molecular flexibility index (Phi) is 8.07. The summed E-state index contributed by atoms with van der Waals surface area (Å²) in [5, 5.41) is 7.46. The van der Waals surface area contributed by atoms with Gasteiger partial charge in [-0.15, -0.1) is 0 Å². The Labute approximate surface area is 181 Å². The van der Waals surface area contributed by atoms with Crippen molar-refractivity contribution < 1.29 is 14.3 Å². The van der Waals surface area contributed by atoms with Crippen molar-refractivity contribution in [2.45, 2.75) is 45.1 Å². The van der Waals surface area contributed by atoms with E-state index in [0.29, 0.717) is 41.8 Å². The van der Waals surface area contributed by atoms with E-state index in [-0.39, 0.29) is 11.8 Å². The van der Waals surface area contributed by atoms with Crippen molar-refractivity contribution in [3.63, 3.8) is 0 Å². The summed E-state index contributed by atoms with van der Waals surface area (Å²) in [4.78, 5) is 30.8. The molecule has 1 saturated heterocycles. The Morgan fingerprint density at radius 3 is 2.97 bits per heavy atom. The minimum atomic E-state index is -0.0770. The molecule has 1 fully saturated rings. The van der Waals surface area contributed by atoms with Crippen LogP contribution in [0.3, 0.4) is 0 Å². The Morgan fingerprint density at radius 2 is 2.20 bits per heavy atom. The predicted molar refractivity (Wildman–Crippen MR) is 114 cm³/mol. The van der Waals surface area contributed by atoms with Crippen molar-refractivity contribution in [3.05, 3.63) is 35.9 Å². The second-order valence-corrected chi connectivity index (χ2v) is 7.98. The highest BCUT2D eigenvalue weighted by atomic mass is 35.5. The lowest BCUT2D eigenvalue weighted by Crippen LogP contribution is -2.40. The maximum absolute atomic E-state index is 12.5. The molecule has 30 heavy (non-hydrogen) atoms. The first-order chi connectivity index (χ1) is 14.5. The van der Waals surface area contributed by atoms with E-state index in [2.05, 4.69) is 15.4 Å². The summed E-state index contributed by atoms with van der Waals surface area (Å²) in [6, 6.07) is 5.12. The van der Waals surface area contributed by atoms with Gasteiger partial charge in [-0.3, -0.25) is 14.3 Å². The molecule has 1 aliphatic heterocycles. The first kappa shape index (κ1) is 22.1. The number of aryl methyl sites for hydroxylation is 1. The average Bonchev–Trinajstić information content (AvgIpc) is 3.26. The number of nitrogens with zero attached hydrogens (tertiary/aromatic N) is 4. The van der Waals surface area contributed by atoms with Gasteiger partial charge in [-0.05, 0) is 49.8 Å². The summed E-state index contributed by atoms with van der Waals surface area (Å²) in [5.41, 5.74) is 0.572. The third-order valence-electron chi connectivity index (χ3n) is 5.33. The molecule has 2 amide bonds. The minimum Gasteiger partial charge on any atom is -0.495 e. The van der Waals surface area contributed by atoms with E-state index in [9.17, 15) is 9.59 Å². The van der Waals surface area contributed by atoms with Crippen molar-refractivity contribution in [1.29, 1.82) is 0 Å².